The molecule has 20 heavy (non-hydrogen) atoms. The number of fused-ring (bicyclic) bond motifs is 1. The summed E-state index contributed by atoms with van der Waals surface area (Å²) in [5, 5.41) is 4.42. The van der Waals surface area contributed by atoms with E-state index in [2.05, 4.69) is 27.4 Å². The van der Waals surface area contributed by atoms with Crippen molar-refractivity contribution in [1.29, 1.82) is 0 Å². The number of aromatic nitrogens is 2. The molecule has 3 aromatic rings. The number of nitrogens with two attached hydrogens (primary N) is 1. The minimum absolute atomic E-state index is 0.0366. The molecule has 0 bridgehead atoms. The van der Waals surface area contributed by atoms with Crippen molar-refractivity contribution in [3.05, 3.63) is 66.5 Å². The van der Waals surface area contributed by atoms with E-state index in [-0.39, 0.29) is 6.04 Å². The highest BCUT2D eigenvalue weighted by molar-refractivity contribution is 5.88. The summed E-state index contributed by atoms with van der Waals surface area (Å²) in [5.74, 6) is 0.815. The van der Waals surface area contributed by atoms with Crippen LogP contribution in [-0.2, 0) is 0 Å². The first-order chi connectivity index (χ1) is 9.88. The predicted octanol–water partition coefficient (Wildman–Crippen LogP) is 2.74. The van der Waals surface area contributed by atoms with Gasteiger partial charge in [0.1, 0.15) is 12.1 Å². The molecule has 2 aromatic carbocycles. The van der Waals surface area contributed by atoms with Gasteiger partial charge in [0.05, 0.1) is 11.6 Å². The van der Waals surface area contributed by atoms with Crippen LogP contribution in [-0.4, -0.2) is 16.5 Å². The van der Waals surface area contributed by atoms with E-state index in [0.717, 1.165) is 22.3 Å². The molecule has 0 saturated carbocycles. The normalized spacial score (nSPS) is 12.2. The first-order valence-electron chi connectivity index (χ1n) is 6.60. The van der Waals surface area contributed by atoms with Gasteiger partial charge in [-0.2, -0.15) is 0 Å². The highest BCUT2D eigenvalue weighted by atomic mass is 15.0. The highest BCUT2D eigenvalue weighted by Gasteiger charge is 2.11. The Hall–Kier alpha value is -2.46. The summed E-state index contributed by atoms with van der Waals surface area (Å²) in [4.78, 5) is 8.61. The molecule has 4 heteroatoms. The van der Waals surface area contributed by atoms with Crippen LogP contribution >= 0.6 is 0 Å². The van der Waals surface area contributed by atoms with Crippen LogP contribution < -0.4 is 11.1 Å². The van der Waals surface area contributed by atoms with Gasteiger partial charge in [-0.1, -0.05) is 42.5 Å². The van der Waals surface area contributed by atoms with Gasteiger partial charge in [0.2, 0.25) is 0 Å². The monoisotopic (exact) mass is 264 g/mol. The van der Waals surface area contributed by atoms with E-state index < -0.39 is 0 Å². The third kappa shape index (κ3) is 2.46. The summed E-state index contributed by atoms with van der Waals surface area (Å²) >= 11 is 0. The molecule has 0 fully saturated rings. The number of para-hydroxylation sites is 1. The lowest BCUT2D eigenvalue weighted by molar-refractivity contribution is 0.785. The molecule has 0 amide bonds. The summed E-state index contributed by atoms with van der Waals surface area (Å²) in [6.07, 6.45) is 1.57. The van der Waals surface area contributed by atoms with E-state index in [4.69, 9.17) is 5.73 Å². The molecular formula is C16H16N4. The zero-order valence-corrected chi connectivity index (χ0v) is 11.0. The Bertz CT molecular complexity index is 692. The third-order valence-electron chi connectivity index (χ3n) is 3.29. The Morgan fingerprint density at radius 2 is 1.70 bits per heavy atom. The second kappa shape index (κ2) is 5.67. The van der Waals surface area contributed by atoms with E-state index in [0.29, 0.717) is 6.54 Å². The maximum atomic E-state index is 5.89. The standard InChI is InChI=1S/C16H16N4/c17-10-15(12-6-2-1-3-7-12)20-16-13-8-4-5-9-14(13)18-11-19-16/h1-9,11,15H,10,17H2,(H,18,19,20). The molecule has 0 saturated heterocycles. The van der Waals surface area contributed by atoms with Crippen molar-refractivity contribution in [2.75, 3.05) is 11.9 Å². The van der Waals surface area contributed by atoms with E-state index in [1.54, 1.807) is 6.33 Å². The zero-order valence-electron chi connectivity index (χ0n) is 11.0. The number of anilines is 1. The molecule has 3 N–H and O–H groups in total. The Morgan fingerprint density at radius 3 is 2.50 bits per heavy atom. The lowest BCUT2D eigenvalue weighted by atomic mass is 10.1. The molecule has 3 rings (SSSR count). The summed E-state index contributed by atoms with van der Waals surface area (Å²) < 4.78 is 0. The third-order valence-corrected chi connectivity index (χ3v) is 3.29. The summed E-state index contributed by atoms with van der Waals surface area (Å²) in [7, 11) is 0. The van der Waals surface area contributed by atoms with E-state index >= 15 is 0 Å². The van der Waals surface area contributed by atoms with Crippen molar-refractivity contribution >= 4 is 16.7 Å². The highest BCUT2D eigenvalue weighted by Crippen LogP contribution is 2.23. The molecule has 0 aliphatic carbocycles. The maximum absolute atomic E-state index is 5.89. The Kier molecular flexibility index (Phi) is 3.56. The van der Waals surface area contributed by atoms with E-state index in [9.17, 15) is 0 Å². The van der Waals surface area contributed by atoms with Crippen LogP contribution in [0.2, 0.25) is 0 Å². The number of rotatable bonds is 4. The predicted molar refractivity (Wildman–Crippen MR) is 81.4 cm³/mol. The molecular weight excluding hydrogens is 248 g/mol. The van der Waals surface area contributed by atoms with Gasteiger partial charge in [-0.15, -0.1) is 0 Å². The van der Waals surface area contributed by atoms with Crippen LogP contribution in [0.5, 0.6) is 0 Å². The van der Waals surface area contributed by atoms with Gasteiger partial charge in [-0.3, -0.25) is 0 Å². The largest absolute Gasteiger partial charge is 0.361 e. The lowest BCUT2D eigenvalue weighted by Gasteiger charge is -2.18. The molecule has 4 nitrogen and oxygen atoms in total. The minimum atomic E-state index is 0.0366. The van der Waals surface area contributed by atoms with Gasteiger partial charge in [-0.25, -0.2) is 9.97 Å². The molecule has 1 atom stereocenters. The van der Waals surface area contributed by atoms with Gasteiger partial charge in [-0.05, 0) is 17.7 Å². The van der Waals surface area contributed by atoms with E-state index in [1.807, 2.05) is 42.5 Å². The maximum Gasteiger partial charge on any atom is 0.137 e. The zero-order chi connectivity index (χ0) is 13.8. The van der Waals surface area contributed by atoms with E-state index in [1.165, 1.54) is 0 Å². The molecule has 0 aliphatic heterocycles. The van der Waals surface area contributed by atoms with Gasteiger partial charge < -0.3 is 11.1 Å². The second-order valence-electron chi connectivity index (χ2n) is 4.58. The fourth-order valence-corrected chi connectivity index (χ4v) is 2.25. The van der Waals surface area contributed by atoms with Crippen molar-refractivity contribution in [2.45, 2.75) is 6.04 Å². The van der Waals surface area contributed by atoms with Gasteiger partial charge in [0.15, 0.2) is 0 Å². The SMILES string of the molecule is NCC(Nc1ncnc2ccccc12)c1ccccc1. The summed E-state index contributed by atoms with van der Waals surface area (Å²) in [6, 6.07) is 18.1. The fourth-order valence-electron chi connectivity index (χ4n) is 2.25. The van der Waals surface area contributed by atoms with Gasteiger partial charge in [0, 0.05) is 11.9 Å². The number of nitrogens with zero attached hydrogens (tertiary/aromatic N) is 2. The average Bonchev–Trinajstić information content (AvgIpc) is 2.53. The summed E-state index contributed by atoms with van der Waals surface area (Å²) in [6.45, 7) is 0.502. The van der Waals surface area contributed by atoms with Gasteiger partial charge >= 0.3 is 0 Å². The Labute approximate surface area is 117 Å². The van der Waals surface area contributed by atoms with Crippen LogP contribution in [0.3, 0.4) is 0 Å². The first kappa shape index (κ1) is 12.6. The van der Waals surface area contributed by atoms with Gasteiger partial charge in [0.25, 0.3) is 0 Å². The Morgan fingerprint density at radius 1 is 0.950 bits per heavy atom. The number of hydrogen-bond donors (Lipinski definition) is 2. The quantitative estimate of drug-likeness (QED) is 0.760. The molecule has 0 radical (unpaired) electrons. The lowest BCUT2D eigenvalue weighted by Crippen LogP contribution is -2.21. The number of benzene rings is 2. The fraction of sp³-hybridized carbons (Fsp3) is 0.125. The number of nitrogens with one attached hydrogen (secondary N) is 1. The smallest absolute Gasteiger partial charge is 0.137 e. The van der Waals surface area contributed by atoms with Crippen molar-refractivity contribution in [1.82, 2.24) is 9.97 Å². The van der Waals surface area contributed by atoms with Crippen molar-refractivity contribution in [3.63, 3.8) is 0 Å². The van der Waals surface area contributed by atoms with Crippen molar-refractivity contribution in [3.8, 4) is 0 Å². The minimum Gasteiger partial charge on any atom is -0.361 e. The van der Waals surface area contributed by atoms with Crippen molar-refractivity contribution in [2.24, 2.45) is 5.73 Å². The molecule has 1 aromatic heterocycles. The first-order valence-corrected chi connectivity index (χ1v) is 6.60. The average molecular weight is 264 g/mol. The molecule has 0 aliphatic rings. The van der Waals surface area contributed by atoms with Crippen molar-refractivity contribution < 1.29 is 0 Å². The van der Waals surface area contributed by atoms with Crippen LogP contribution in [0.4, 0.5) is 5.82 Å². The molecule has 1 heterocycles. The van der Waals surface area contributed by atoms with Crippen LogP contribution in [0.25, 0.3) is 10.9 Å². The molecule has 100 valence electrons. The number of hydrogen-bond acceptors (Lipinski definition) is 4. The summed E-state index contributed by atoms with van der Waals surface area (Å²) in [5.41, 5.74) is 7.97. The second-order valence-corrected chi connectivity index (χ2v) is 4.58. The molecule has 0 spiro atoms. The van der Waals surface area contributed by atoms with Crippen LogP contribution in [0, 0.1) is 0 Å². The van der Waals surface area contributed by atoms with Crippen LogP contribution in [0.15, 0.2) is 60.9 Å². The topological polar surface area (TPSA) is 63.8 Å². The molecule has 1 unspecified atom stereocenters. The Balaban J connectivity index is 1.96. The van der Waals surface area contributed by atoms with Crippen LogP contribution in [0.1, 0.15) is 11.6 Å².